The molecule has 0 aliphatic heterocycles. The number of rotatable bonds is 3. The Kier molecular flexibility index (Phi) is 3.43. The lowest BCUT2D eigenvalue weighted by molar-refractivity contribution is 0.333. The average molecular weight is 252 g/mol. The first-order chi connectivity index (χ1) is 8.49. The van der Waals surface area contributed by atoms with E-state index in [2.05, 4.69) is 5.16 Å². The van der Waals surface area contributed by atoms with E-state index < -0.39 is 11.6 Å². The molecule has 0 saturated carbocycles. The zero-order valence-electron chi connectivity index (χ0n) is 10.2. The van der Waals surface area contributed by atoms with Crippen LogP contribution < -0.4 is 5.73 Å². The molecule has 1 unspecified atom stereocenters. The van der Waals surface area contributed by atoms with Gasteiger partial charge < -0.3 is 10.3 Å². The van der Waals surface area contributed by atoms with Gasteiger partial charge >= 0.3 is 0 Å². The highest BCUT2D eigenvalue weighted by Gasteiger charge is 2.18. The first kappa shape index (κ1) is 12.7. The molecule has 2 rings (SSSR count). The van der Waals surface area contributed by atoms with Crippen LogP contribution in [0, 0.1) is 17.6 Å². The highest BCUT2D eigenvalue weighted by molar-refractivity contribution is 5.59. The van der Waals surface area contributed by atoms with E-state index in [9.17, 15) is 8.78 Å². The fourth-order valence-corrected chi connectivity index (χ4v) is 1.60. The molecule has 1 aromatic heterocycles. The van der Waals surface area contributed by atoms with E-state index in [1.807, 2.05) is 13.8 Å². The summed E-state index contributed by atoms with van der Waals surface area (Å²) >= 11 is 0. The van der Waals surface area contributed by atoms with Crippen LogP contribution in [0.3, 0.4) is 0 Å². The molecule has 2 N–H and O–H groups in total. The van der Waals surface area contributed by atoms with Crippen LogP contribution in [-0.4, -0.2) is 5.16 Å². The highest BCUT2D eigenvalue weighted by Crippen LogP contribution is 2.26. The summed E-state index contributed by atoms with van der Waals surface area (Å²) in [5.41, 5.74) is 6.42. The van der Waals surface area contributed by atoms with Gasteiger partial charge in [-0.15, -0.1) is 0 Å². The average Bonchev–Trinajstić information content (AvgIpc) is 2.77. The van der Waals surface area contributed by atoms with Crippen molar-refractivity contribution < 1.29 is 13.3 Å². The molecule has 0 saturated heterocycles. The van der Waals surface area contributed by atoms with Crippen LogP contribution in [0.2, 0.25) is 0 Å². The van der Waals surface area contributed by atoms with Crippen LogP contribution in [0.4, 0.5) is 8.78 Å². The Morgan fingerprint density at radius 2 is 1.94 bits per heavy atom. The van der Waals surface area contributed by atoms with Crippen molar-refractivity contribution in [3.05, 3.63) is 41.7 Å². The van der Waals surface area contributed by atoms with Gasteiger partial charge in [0.1, 0.15) is 17.3 Å². The molecule has 0 spiro atoms. The molecule has 0 aliphatic rings. The maximum atomic E-state index is 13.6. The zero-order chi connectivity index (χ0) is 13.3. The van der Waals surface area contributed by atoms with Gasteiger partial charge in [0.15, 0.2) is 5.76 Å². The maximum absolute atomic E-state index is 13.6. The predicted octanol–water partition coefficient (Wildman–Crippen LogP) is 3.28. The largest absolute Gasteiger partial charge is 0.359 e. The smallest absolute Gasteiger partial charge is 0.154 e. The summed E-state index contributed by atoms with van der Waals surface area (Å²) in [6, 6.07) is 4.60. The summed E-state index contributed by atoms with van der Waals surface area (Å²) in [5.74, 6) is -0.626. The summed E-state index contributed by atoms with van der Waals surface area (Å²) in [6.45, 7) is 3.90. The van der Waals surface area contributed by atoms with Gasteiger partial charge in [0.2, 0.25) is 0 Å². The van der Waals surface area contributed by atoms with Gasteiger partial charge in [0.05, 0.1) is 6.04 Å². The van der Waals surface area contributed by atoms with E-state index in [0.29, 0.717) is 11.5 Å². The Bertz CT molecular complexity index is 552. The van der Waals surface area contributed by atoms with Crippen molar-refractivity contribution in [2.45, 2.75) is 19.9 Å². The minimum Gasteiger partial charge on any atom is -0.359 e. The van der Waals surface area contributed by atoms with E-state index in [0.717, 1.165) is 6.07 Å². The van der Waals surface area contributed by atoms with Gasteiger partial charge in [-0.2, -0.15) is 0 Å². The third kappa shape index (κ3) is 2.41. The molecule has 0 fully saturated rings. The molecule has 1 heterocycles. The minimum absolute atomic E-state index is 0.184. The second-order valence-electron chi connectivity index (χ2n) is 4.51. The summed E-state index contributed by atoms with van der Waals surface area (Å²) in [5, 5.41) is 3.76. The number of benzene rings is 1. The molecular formula is C13H14F2N2O. The number of halogens is 2. The first-order valence-electron chi connectivity index (χ1n) is 5.66. The molecule has 0 aliphatic carbocycles. The van der Waals surface area contributed by atoms with Crippen LogP contribution in [0.1, 0.15) is 25.6 Å². The second-order valence-corrected chi connectivity index (χ2v) is 4.51. The molecule has 0 amide bonds. The first-order valence-corrected chi connectivity index (χ1v) is 5.66. The fraction of sp³-hybridized carbons (Fsp3) is 0.308. The molecule has 1 aromatic carbocycles. The molecule has 96 valence electrons. The van der Waals surface area contributed by atoms with Gasteiger partial charge in [-0.05, 0) is 18.1 Å². The number of nitrogens with zero attached hydrogens (tertiary/aromatic N) is 1. The zero-order valence-corrected chi connectivity index (χ0v) is 10.2. The lowest BCUT2D eigenvalue weighted by Crippen LogP contribution is -2.15. The highest BCUT2D eigenvalue weighted by atomic mass is 19.1. The van der Waals surface area contributed by atoms with E-state index >= 15 is 0 Å². The minimum atomic E-state index is -0.673. The van der Waals surface area contributed by atoms with Crippen LogP contribution in [0.15, 0.2) is 28.8 Å². The Balaban J connectivity index is 2.35. The second kappa shape index (κ2) is 4.86. The van der Waals surface area contributed by atoms with Crippen LogP contribution in [0.25, 0.3) is 11.3 Å². The quantitative estimate of drug-likeness (QED) is 0.912. The van der Waals surface area contributed by atoms with Crippen molar-refractivity contribution in [2.24, 2.45) is 11.7 Å². The van der Waals surface area contributed by atoms with Crippen molar-refractivity contribution in [1.82, 2.24) is 5.16 Å². The molecular weight excluding hydrogens is 238 g/mol. The topological polar surface area (TPSA) is 52.0 Å². The van der Waals surface area contributed by atoms with Crippen molar-refractivity contribution >= 4 is 0 Å². The van der Waals surface area contributed by atoms with Crippen molar-refractivity contribution in [2.75, 3.05) is 0 Å². The van der Waals surface area contributed by atoms with Crippen LogP contribution in [-0.2, 0) is 0 Å². The monoisotopic (exact) mass is 252 g/mol. The maximum Gasteiger partial charge on any atom is 0.154 e. The van der Waals surface area contributed by atoms with Gasteiger partial charge in [0, 0.05) is 17.7 Å². The van der Waals surface area contributed by atoms with E-state index in [1.54, 1.807) is 6.07 Å². The van der Waals surface area contributed by atoms with Gasteiger partial charge in [-0.1, -0.05) is 19.0 Å². The van der Waals surface area contributed by atoms with Gasteiger partial charge in [-0.25, -0.2) is 8.78 Å². The normalized spacial score (nSPS) is 13.0. The van der Waals surface area contributed by atoms with E-state index in [4.69, 9.17) is 10.3 Å². The molecule has 3 nitrogen and oxygen atoms in total. The third-order valence-electron chi connectivity index (χ3n) is 2.78. The summed E-state index contributed by atoms with van der Waals surface area (Å²) in [6.07, 6.45) is 0. The van der Waals surface area contributed by atoms with Crippen LogP contribution in [0.5, 0.6) is 0 Å². The lowest BCUT2D eigenvalue weighted by Gasteiger charge is -2.10. The summed E-state index contributed by atoms with van der Waals surface area (Å²) in [7, 11) is 0. The standard InChI is InChI=1S/C13H14F2N2O/c1-7(2)13(16)12-6-11(17-18-12)9-4-3-8(14)5-10(9)15/h3-7,13H,16H2,1-2H3. The number of hydrogen-bond donors (Lipinski definition) is 1. The third-order valence-corrected chi connectivity index (χ3v) is 2.78. The van der Waals surface area contributed by atoms with Crippen molar-refractivity contribution in [1.29, 1.82) is 0 Å². The SMILES string of the molecule is CC(C)C(N)c1cc(-c2ccc(F)cc2F)no1. The number of nitrogens with two attached hydrogens (primary N) is 1. The Morgan fingerprint density at radius 1 is 1.22 bits per heavy atom. The number of aromatic nitrogens is 1. The molecule has 1 atom stereocenters. The molecule has 2 aromatic rings. The number of hydrogen-bond acceptors (Lipinski definition) is 3. The van der Waals surface area contributed by atoms with Gasteiger partial charge in [0.25, 0.3) is 0 Å². The van der Waals surface area contributed by atoms with Crippen LogP contribution >= 0.6 is 0 Å². The van der Waals surface area contributed by atoms with Gasteiger partial charge in [-0.3, -0.25) is 0 Å². The Labute approximate surface area is 104 Å². The van der Waals surface area contributed by atoms with Crippen molar-refractivity contribution in [3.63, 3.8) is 0 Å². The predicted molar refractivity (Wildman–Crippen MR) is 63.6 cm³/mol. The van der Waals surface area contributed by atoms with Crippen molar-refractivity contribution in [3.8, 4) is 11.3 Å². The molecule has 18 heavy (non-hydrogen) atoms. The Morgan fingerprint density at radius 3 is 2.56 bits per heavy atom. The molecule has 0 bridgehead atoms. The lowest BCUT2D eigenvalue weighted by atomic mass is 10.0. The molecule has 0 radical (unpaired) electrons. The van der Waals surface area contributed by atoms with E-state index in [1.165, 1.54) is 12.1 Å². The summed E-state index contributed by atoms with van der Waals surface area (Å²) < 4.78 is 31.4. The fourth-order valence-electron chi connectivity index (χ4n) is 1.60. The Hall–Kier alpha value is -1.75. The van der Waals surface area contributed by atoms with E-state index in [-0.39, 0.29) is 17.5 Å². The summed E-state index contributed by atoms with van der Waals surface area (Å²) in [4.78, 5) is 0. The molecule has 5 heteroatoms.